The molecular formula is C26H23BrN2O5S. The number of nitriles is 1. The number of hydrogen-bond acceptors (Lipinski definition) is 6. The van der Waals surface area contributed by atoms with E-state index in [1.54, 1.807) is 12.1 Å². The molecule has 0 spiro atoms. The van der Waals surface area contributed by atoms with E-state index in [0.717, 1.165) is 16.7 Å². The summed E-state index contributed by atoms with van der Waals surface area (Å²) >= 11 is 3.30. The molecule has 180 valence electrons. The van der Waals surface area contributed by atoms with Gasteiger partial charge in [-0.2, -0.15) is 13.7 Å². The fourth-order valence-corrected chi connectivity index (χ4v) is 4.99. The highest BCUT2D eigenvalue weighted by Gasteiger charge is 2.19. The maximum Gasteiger partial charge on any atom is 0.339 e. The second-order valence-electron chi connectivity index (χ2n) is 7.80. The van der Waals surface area contributed by atoms with E-state index in [-0.39, 0.29) is 16.2 Å². The van der Waals surface area contributed by atoms with Gasteiger partial charge in [0.25, 0.3) is 5.91 Å². The first-order chi connectivity index (χ1) is 16.5. The number of nitrogens with one attached hydrogen (secondary N) is 1. The number of rotatable bonds is 7. The minimum Gasteiger partial charge on any atom is -0.497 e. The molecule has 0 fully saturated rings. The zero-order chi connectivity index (χ0) is 25.8. The average Bonchev–Trinajstić information content (AvgIpc) is 2.81. The van der Waals surface area contributed by atoms with Crippen molar-refractivity contribution in [1.29, 1.82) is 5.26 Å². The molecule has 1 amide bonds. The van der Waals surface area contributed by atoms with Gasteiger partial charge in [0.2, 0.25) is 0 Å². The number of benzene rings is 3. The smallest absolute Gasteiger partial charge is 0.339 e. The Balaban J connectivity index is 1.81. The van der Waals surface area contributed by atoms with Crippen LogP contribution in [-0.2, 0) is 14.9 Å². The molecule has 0 unspecified atom stereocenters. The minimum absolute atomic E-state index is 0.0284. The van der Waals surface area contributed by atoms with Crippen LogP contribution in [0.25, 0.3) is 6.08 Å². The largest absolute Gasteiger partial charge is 0.497 e. The highest BCUT2D eigenvalue weighted by molar-refractivity contribution is 9.10. The van der Waals surface area contributed by atoms with Crippen LogP contribution >= 0.6 is 15.9 Å². The Morgan fingerprint density at radius 2 is 1.66 bits per heavy atom. The van der Waals surface area contributed by atoms with Crippen molar-refractivity contribution in [2.45, 2.75) is 25.7 Å². The topological polar surface area (TPSA) is 105 Å². The fraction of sp³-hybridized carbons (Fsp3) is 0.154. The van der Waals surface area contributed by atoms with Gasteiger partial charge in [-0.1, -0.05) is 23.8 Å². The molecule has 3 aromatic rings. The number of halogens is 1. The van der Waals surface area contributed by atoms with Crippen molar-refractivity contribution in [2.75, 3.05) is 12.4 Å². The molecule has 3 aromatic carbocycles. The normalized spacial score (nSPS) is 11.5. The summed E-state index contributed by atoms with van der Waals surface area (Å²) in [5.74, 6) is 0.0409. The third kappa shape index (κ3) is 6.29. The number of ether oxygens (including phenoxy) is 1. The molecular weight excluding hydrogens is 532 g/mol. The highest BCUT2D eigenvalue weighted by Crippen LogP contribution is 2.30. The van der Waals surface area contributed by atoms with Crippen LogP contribution in [0, 0.1) is 32.1 Å². The molecule has 0 atom stereocenters. The molecule has 35 heavy (non-hydrogen) atoms. The predicted molar refractivity (Wildman–Crippen MR) is 138 cm³/mol. The van der Waals surface area contributed by atoms with Crippen molar-refractivity contribution in [3.63, 3.8) is 0 Å². The molecule has 0 aliphatic rings. The molecule has 0 aliphatic heterocycles. The van der Waals surface area contributed by atoms with Gasteiger partial charge in [0.15, 0.2) is 5.75 Å². The Kier molecular flexibility index (Phi) is 7.99. The van der Waals surface area contributed by atoms with Crippen LogP contribution in [0.5, 0.6) is 11.5 Å². The monoisotopic (exact) mass is 554 g/mol. The molecule has 9 heteroatoms. The Bertz CT molecular complexity index is 1430. The second kappa shape index (κ2) is 10.8. The van der Waals surface area contributed by atoms with Gasteiger partial charge in [0.1, 0.15) is 22.3 Å². The summed E-state index contributed by atoms with van der Waals surface area (Å²) < 4.78 is 35.9. The molecule has 7 nitrogen and oxygen atoms in total. The number of carbonyl (C=O) groups is 1. The summed E-state index contributed by atoms with van der Waals surface area (Å²) in [6, 6.07) is 16.2. The van der Waals surface area contributed by atoms with Crippen molar-refractivity contribution in [1.82, 2.24) is 0 Å². The lowest BCUT2D eigenvalue weighted by Gasteiger charge is -2.12. The Morgan fingerprint density at radius 1 is 1.03 bits per heavy atom. The number of carbonyl (C=O) groups excluding carboxylic acids is 1. The quantitative estimate of drug-likeness (QED) is 0.228. The highest BCUT2D eigenvalue weighted by atomic mass is 79.9. The molecule has 0 bridgehead atoms. The van der Waals surface area contributed by atoms with Crippen LogP contribution in [0.2, 0.25) is 0 Å². The molecule has 0 aromatic heterocycles. The summed E-state index contributed by atoms with van der Waals surface area (Å²) in [4.78, 5) is 12.7. The number of nitrogens with zero attached hydrogens (tertiary/aromatic N) is 1. The van der Waals surface area contributed by atoms with E-state index in [1.807, 2.05) is 39.0 Å². The zero-order valence-corrected chi connectivity index (χ0v) is 22.0. The molecule has 0 saturated carbocycles. The van der Waals surface area contributed by atoms with Crippen LogP contribution < -0.4 is 14.2 Å². The van der Waals surface area contributed by atoms with Crippen LogP contribution in [0.15, 0.2) is 69.5 Å². The van der Waals surface area contributed by atoms with E-state index in [4.69, 9.17) is 8.92 Å². The van der Waals surface area contributed by atoms with Gasteiger partial charge in [-0.25, -0.2) is 0 Å². The van der Waals surface area contributed by atoms with Gasteiger partial charge in [-0.3, -0.25) is 4.79 Å². The van der Waals surface area contributed by atoms with E-state index >= 15 is 0 Å². The number of aryl methyl sites for hydroxylation is 3. The summed E-state index contributed by atoms with van der Waals surface area (Å²) in [5.41, 5.74) is 3.95. The average molecular weight is 555 g/mol. The molecule has 3 rings (SSSR count). The van der Waals surface area contributed by atoms with Crippen molar-refractivity contribution in [3.8, 4) is 17.6 Å². The SMILES string of the molecule is COc1ccc(S(=O)(=O)Oc2ccc(/C=C(\C#N)C(=O)Nc3c(C)cc(C)cc3C)cc2Br)cc1. The van der Waals surface area contributed by atoms with Gasteiger partial charge < -0.3 is 14.2 Å². The van der Waals surface area contributed by atoms with Gasteiger partial charge in [-0.15, -0.1) is 0 Å². The summed E-state index contributed by atoms with van der Waals surface area (Å²) in [6.45, 7) is 5.75. The Labute approximate surface area is 213 Å². The van der Waals surface area contributed by atoms with Crippen LogP contribution in [0.3, 0.4) is 0 Å². The van der Waals surface area contributed by atoms with Crippen LogP contribution in [0.1, 0.15) is 22.3 Å². The van der Waals surface area contributed by atoms with Crippen molar-refractivity contribution in [3.05, 3.63) is 86.9 Å². The molecule has 1 N–H and O–H groups in total. The minimum atomic E-state index is -4.08. The number of amides is 1. The van der Waals surface area contributed by atoms with Crippen molar-refractivity contribution < 1.29 is 22.1 Å². The lowest BCUT2D eigenvalue weighted by atomic mass is 10.0. The Hall–Kier alpha value is -3.61. The van der Waals surface area contributed by atoms with Gasteiger partial charge in [0.05, 0.1) is 11.6 Å². The third-order valence-electron chi connectivity index (χ3n) is 5.10. The molecule has 0 heterocycles. The summed E-state index contributed by atoms with van der Waals surface area (Å²) in [6.07, 6.45) is 1.42. The predicted octanol–water partition coefficient (Wildman–Crippen LogP) is 5.70. The molecule has 0 saturated heterocycles. The van der Waals surface area contributed by atoms with E-state index in [0.29, 0.717) is 21.5 Å². The van der Waals surface area contributed by atoms with Crippen molar-refractivity contribution >= 4 is 43.7 Å². The maximum absolute atomic E-state index is 12.8. The standard InChI is InChI=1S/C26H23BrN2O5S/c1-16-11-17(2)25(18(3)12-16)29-26(30)20(15-28)13-19-5-10-24(23(27)14-19)34-35(31,32)22-8-6-21(33-4)7-9-22/h5-14H,1-4H3,(H,29,30)/b20-13+. The molecule has 0 radical (unpaired) electrons. The molecule has 0 aliphatic carbocycles. The van der Waals surface area contributed by atoms with E-state index < -0.39 is 16.0 Å². The van der Waals surface area contributed by atoms with E-state index in [1.165, 1.54) is 43.5 Å². The number of methoxy groups -OCH3 is 1. The fourth-order valence-electron chi connectivity index (χ4n) is 3.46. The first-order valence-corrected chi connectivity index (χ1v) is 12.6. The van der Waals surface area contributed by atoms with E-state index in [2.05, 4.69) is 21.2 Å². The number of anilines is 1. The third-order valence-corrected chi connectivity index (χ3v) is 6.96. The van der Waals surface area contributed by atoms with E-state index in [9.17, 15) is 18.5 Å². The van der Waals surface area contributed by atoms with Gasteiger partial charge in [-0.05, 0) is 95.9 Å². The first-order valence-electron chi connectivity index (χ1n) is 10.4. The second-order valence-corrected chi connectivity index (χ2v) is 10.2. The maximum atomic E-state index is 12.8. The van der Waals surface area contributed by atoms with Crippen LogP contribution in [-0.4, -0.2) is 21.4 Å². The van der Waals surface area contributed by atoms with Crippen molar-refractivity contribution in [2.24, 2.45) is 0 Å². The Morgan fingerprint density at radius 3 is 2.20 bits per heavy atom. The van der Waals surface area contributed by atoms with Crippen LogP contribution in [0.4, 0.5) is 5.69 Å². The lowest BCUT2D eigenvalue weighted by Crippen LogP contribution is -2.15. The van der Waals surface area contributed by atoms with Gasteiger partial charge >= 0.3 is 10.1 Å². The first kappa shape index (κ1) is 26.0. The summed E-state index contributed by atoms with van der Waals surface area (Å²) in [5, 5.41) is 12.4. The lowest BCUT2D eigenvalue weighted by molar-refractivity contribution is -0.112. The summed E-state index contributed by atoms with van der Waals surface area (Å²) in [7, 11) is -2.59. The van der Waals surface area contributed by atoms with Gasteiger partial charge in [0, 0.05) is 5.69 Å². The number of hydrogen-bond donors (Lipinski definition) is 1. The zero-order valence-electron chi connectivity index (χ0n) is 19.5.